The number of nitrogens with one attached hydrogen (secondary N) is 2. The summed E-state index contributed by atoms with van der Waals surface area (Å²) in [7, 11) is 0. The highest BCUT2D eigenvalue weighted by atomic mass is 35.5. The monoisotopic (exact) mass is 355 g/mol. The topological polar surface area (TPSA) is 67.0 Å². The molecular formula is C19H18ClN3O2. The predicted molar refractivity (Wildman–Crippen MR) is 97.8 cm³/mol. The van der Waals surface area contributed by atoms with Gasteiger partial charge in [-0.2, -0.15) is 5.10 Å². The second-order valence-corrected chi connectivity index (χ2v) is 5.87. The fourth-order valence-corrected chi connectivity index (χ4v) is 2.66. The highest BCUT2D eigenvalue weighted by Crippen LogP contribution is 2.24. The van der Waals surface area contributed by atoms with Crippen molar-refractivity contribution in [2.24, 2.45) is 0 Å². The number of rotatable bonds is 6. The minimum atomic E-state index is -0.197. The number of carbonyl (C=O) groups is 1. The number of aromatic nitrogens is 2. The Morgan fingerprint density at radius 1 is 1.24 bits per heavy atom. The molecule has 0 aliphatic heterocycles. The quantitative estimate of drug-likeness (QED) is 0.700. The number of ether oxygens (including phenoxy) is 1. The third-order valence-electron chi connectivity index (χ3n) is 3.68. The van der Waals surface area contributed by atoms with Crippen LogP contribution in [0, 0.1) is 0 Å². The Balaban J connectivity index is 1.69. The van der Waals surface area contributed by atoms with E-state index < -0.39 is 0 Å². The van der Waals surface area contributed by atoms with Crippen molar-refractivity contribution in [2.75, 3.05) is 6.61 Å². The highest BCUT2D eigenvalue weighted by molar-refractivity contribution is 6.30. The molecule has 25 heavy (non-hydrogen) atoms. The van der Waals surface area contributed by atoms with Crippen LogP contribution in [0.25, 0.3) is 11.3 Å². The van der Waals surface area contributed by atoms with Gasteiger partial charge >= 0.3 is 0 Å². The summed E-state index contributed by atoms with van der Waals surface area (Å²) in [6.45, 7) is 2.99. The fraction of sp³-hybridized carbons (Fsp3) is 0.158. The lowest BCUT2D eigenvalue weighted by Crippen LogP contribution is -2.22. The molecule has 2 aromatic carbocycles. The Morgan fingerprint density at radius 2 is 2.04 bits per heavy atom. The first-order valence-electron chi connectivity index (χ1n) is 7.96. The standard InChI is InChI=1S/C19H18ClN3O2/c1-2-25-16-8-6-13(7-9-16)11-21-19(24)17-12-22-23-18(17)14-4-3-5-15(20)10-14/h3-10,12H,2,11H2,1H3,(H,21,24)(H,22,23). The van der Waals surface area contributed by atoms with Crippen LogP contribution in [0.4, 0.5) is 0 Å². The van der Waals surface area contributed by atoms with Gasteiger partial charge in [0.15, 0.2) is 0 Å². The van der Waals surface area contributed by atoms with Gasteiger partial charge in [0, 0.05) is 17.1 Å². The normalized spacial score (nSPS) is 10.5. The van der Waals surface area contributed by atoms with E-state index in [0.717, 1.165) is 16.9 Å². The Bertz CT molecular complexity index is 859. The van der Waals surface area contributed by atoms with Crippen LogP contribution in [0.15, 0.2) is 54.7 Å². The molecule has 0 saturated heterocycles. The molecule has 0 saturated carbocycles. The van der Waals surface area contributed by atoms with Crippen molar-refractivity contribution in [3.05, 3.63) is 70.9 Å². The van der Waals surface area contributed by atoms with E-state index in [1.165, 1.54) is 6.20 Å². The van der Waals surface area contributed by atoms with Gasteiger partial charge in [-0.05, 0) is 36.8 Å². The summed E-state index contributed by atoms with van der Waals surface area (Å²) in [5.41, 5.74) is 2.93. The smallest absolute Gasteiger partial charge is 0.255 e. The first-order valence-corrected chi connectivity index (χ1v) is 8.34. The van der Waals surface area contributed by atoms with Crippen molar-refractivity contribution in [1.29, 1.82) is 0 Å². The summed E-state index contributed by atoms with van der Waals surface area (Å²) in [5, 5.41) is 10.4. The zero-order valence-electron chi connectivity index (χ0n) is 13.8. The second kappa shape index (κ2) is 7.85. The molecule has 3 aromatic rings. The fourth-order valence-electron chi connectivity index (χ4n) is 2.47. The van der Waals surface area contributed by atoms with Crippen molar-refractivity contribution < 1.29 is 9.53 Å². The minimum Gasteiger partial charge on any atom is -0.494 e. The first-order chi connectivity index (χ1) is 12.2. The van der Waals surface area contributed by atoms with Gasteiger partial charge in [0.25, 0.3) is 5.91 Å². The molecule has 0 radical (unpaired) electrons. The van der Waals surface area contributed by atoms with Gasteiger partial charge in [0.1, 0.15) is 5.75 Å². The number of carbonyl (C=O) groups excluding carboxylic acids is 1. The van der Waals surface area contributed by atoms with E-state index in [1.807, 2.05) is 43.3 Å². The van der Waals surface area contributed by atoms with E-state index in [0.29, 0.717) is 29.4 Å². The van der Waals surface area contributed by atoms with Gasteiger partial charge in [-0.3, -0.25) is 9.89 Å². The van der Waals surface area contributed by atoms with Crippen molar-refractivity contribution in [1.82, 2.24) is 15.5 Å². The number of H-pyrrole nitrogens is 1. The average molecular weight is 356 g/mol. The van der Waals surface area contributed by atoms with Gasteiger partial charge in [0.2, 0.25) is 0 Å². The lowest BCUT2D eigenvalue weighted by atomic mass is 10.1. The van der Waals surface area contributed by atoms with Gasteiger partial charge in [0.05, 0.1) is 24.1 Å². The van der Waals surface area contributed by atoms with Gasteiger partial charge in [-0.1, -0.05) is 35.9 Å². The minimum absolute atomic E-state index is 0.197. The summed E-state index contributed by atoms with van der Waals surface area (Å²) >= 11 is 6.02. The number of halogens is 1. The molecule has 0 spiro atoms. The summed E-state index contributed by atoms with van der Waals surface area (Å²) in [6.07, 6.45) is 1.52. The van der Waals surface area contributed by atoms with Crippen LogP contribution in [0.2, 0.25) is 5.02 Å². The summed E-state index contributed by atoms with van der Waals surface area (Å²) in [4.78, 5) is 12.5. The van der Waals surface area contributed by atoms with Crippen molar-refractivity contribution in [3.8, 4) is 17.0 Å². The lowest BCUT2D eigenvalue weighted by Gasteiger charge is -2.08. The highest BCUT2D eigenvalue weighted by Gasteiger charge is 2.15. The Hall–Kier alpha value is -2.79. The number of aromatic amines is 1. The summed E-state index contributed by atoms with van der Waals surface area (Å²) in [5.74, 6) is 0.619. The third kappa shape index (κ3) is 4.19. The van der Waals surface area contributed by atoms with E-state index in [-0.39, 0.29) is 5.91 Å². The third-order valence-corrected chi connectivity index (χ3v) is 3.92. The molecule has 0 atom stereocenters. The molecular weight excluding hydrogens is 338 g/mol. The van der Waals surface area contributed by atoms with Crippen molar-refractivity contribution >= 4 is 17.5 Å². The van der Waals surface area contributed by atoms with E-state index in [9.17, 15) is 4.79 Å². The van der Waals surface area contributed by atoms with Crippen LogP contribution in [0.3, 0.4) is 0 Å². The molecule has 1 amide bonds. The second-order valence-electron chi connectivity index (χ2n) is 5.43. The van der Waals surface area contributed by atoms with Crippen LogP contribution >= 0.6 is 11.6 Å². The van der Waals surface area contributed by atoms with Gasteiger partial charge < -0.3 is 10.1 Å². The molecule has 5 nitrogen and oxygen atoms in total. The largest absolute Gasteiger partial charge is 0.494 e. The molecule has 0 aliphatic carbocycles. The van der Waals surface area contributed by atoms with E-state index >= 15 is 0 Å². The number of hydrogen-bond donors (Lipinski definition) is 2. The van der Waals surface area contributed by atoms with Crippen molar-refractivity contribution in [3.63, 3.8) is 0 Å². The summed E-state index contributed by atoms with van der Waals surface area (Å²) < 4.78 is 5.41. The number of nitrogens with zero attached hydrogens (tertiary/aromatic N) is 1. The predicted octanol–water partition coefficient (Wildman–Crippen LogP) is 4.06. The molecule has 128 valence electrons. The molecule has 2 N–H and O–H groups in total. The van der Waals surface area contributed by atoms with Crippen LogP contribution in [-0.2, 0) is 6.54 Å². The maximum absolute atomic E-state index is 12.5. The molecule has 1 aromatic heterocycles. The maximum Gasteiger partial charge on any atom is 0.255 e. The van der Waals surface area contributed by atoms with Crippen LogP contribution in [0.1, 0.15) is 22.8 Å². The molecule has 1 heterocycles. The molecule has 6 heteroatoms. The molecule has 0 aliphatic rings. The molecule has 3 rings (SSSR count). The Kier molecular flexibility index (Phi) is 5.36. The Labute approximate surface area is 151 Å². The zero-order valence-corrected chi connectivity index (χ0v) is 14.5. The lowest BCUT2D eigenvalue weighted by molar-refractivity contribution is 0.0951. The summed E-state index contributed by atoms with van der Waals surface area (Å²) in [6, 6.07) is 14.9. The van der Waals surface area contributed by atoms with E-state index in [4.69, 9.17) is 16.3 Å². The number of benzene rings is 2. The number of hydrogen-bond acceptors (Lipinski definition) is 3. The van der Waals surface area contributed by atoms with E-state index in [2.05, 4.69) is 15.5 Å². The molecule has 0 fully saturated rings. The van der Waals surface area contributed by atoms with E-state index in [1.54, 1.807) is 12.1 Å². The SMILES string of the molecule is CCOc1ccc(CNC(=O)c2cn[nH]c2-c2cccc(Cl)c2)cc1. The molecule has 0 bridgehead atoms. The number of amides is 1. The average Bonchev–Trinajstić information content (AvgIpc) is 3.11. The van der Waals surface area contributed by atoms with Gasteiger partial charge in [-0.25, -0.2) is 0 Å². The first kappa shape index (κ1) is 17.0. The Morgan fingerprint density at radius 3 is 2.76 bits per heavy atom. The van der Waals surface area contributed by atoms with Crippen LogP contribution < -0.4 is 10.1 Å². The van der Waals surface area contributed by atoms with Gasteiger partial charge in [-0.15, -0.1) is 0 Å². The zero-order chi connectivity index (χ0) is 17.6. The maximum atomic E-state index is 12.5. The van der Waals surface area contributed by atoms with Crippen LogP contribution in [-0.4, -0.2) is 22.7 Å². The van der Waals surface area contributed by atoms with Crippen LogP contribution in [0.5, 0.6) is 5.75 Å². The molecule has 0 unspecified atom stereocenters. The van der Waals surface area contributed by atoms with Crippen molar-refractivity contribution in [2.45, 2.75) is 13.5 Å².